The lowest BCUT2D eigenvalue weighted by molar-refractivity contribution is -0.116. The Bertz CT molecular complexity index is 646. The number of carbonyl (C=O) groups is 2. The molecule has 5 heteroatoms. The number of amides is 1. The van der Waals surface area contributed by atoms with Crippen molar-refractivity contribution in [1.82, 2.24) is 4.57 Å². The molecule has 0 saturated heterocycles. The van der Waals surface area contributed by atoms with E-state index in [9.17, 15) is 9.59 Å². The number of aromatic nitrogens is 1. The van der Waals surface area contributed by atoms with Gasteiger partial charge in [-0.1, -0.05) is 12.1 Å². The lowest BCUT2D eigenvalue weighted by atomic mass is 10.1. The number of carbonyl (C=O) groups excluding carboxylic acids is 2. The molecule has 2 aromatic rings. The Hall–Kier alpha value is -2.56. The van der Waals surface area contributed by atoms with Crippen LogP contribution in [0.4, 0.5) is 5.69 Å². The van der Waals surface area contributed by atoms with E-state index in [-0.39, 0.29) is 5.91 Å². The first-order chi connectivity index (χ1) is 10.1. The number of nitrogens with zero attached hydrogens (tertiary/aromatic N) is 1. The molecular formula is C16H18N2O3. The maximum Gasteiger partial charge on any atom is 0.339 e. The van der Waals surface area contributed by atoms with Gasteiger partial charge in [0.15, 0.2) is 0 Å². The number of para-hydroxylation sites is 1. The van der Waals surface area contributed by atoms with Crippen LogP contribution < -0.4 is 5.32 Å². The van der Waals surface area contributed by atoms with Crippen LogP contribution in [-0.2, 0) is 23.0 Å². The second-order valence-electron chi connectivity index (χ2n) is 4.70. The van der Waals surface area contributed by atoms with E-state index in [4.69, 9.17) is 4.74 Å². The molecule has 1 N–H and O–H groups in total. The van der Waals surface area contributed by atoms with Gasteiger partial charge in [-0.25, -0.2) is 4.79 Å². The van der Waals surface area contributed by atoms with Gasteiger partial charge in [-0.05, 0) is 30.7 Å². The number of hydrogen-bond donors (Lipinski definition) is 1. The van der Waals surface area contributed by atoms with Gasteiger partial charge in [0.05, 0.1) is 18.4 Å². The number of ether oxygens (including phenoxy) is 1. The zero-order valence-electron chi connectivity index (χ0n) is 12.1. The molecule has 0 atom stereocenters. The van der Waals surface area contributed by atoms with Crippen molar-refractivity contribution >= 4 is 17.6 Å². The monoisotopic (exact) mass is 286 g/mol. The van der Waals surface area contributed by atoms with E-state index in [1.165, 1.54) is 7.11 Å². The minimum absolute atomic E-state index is 0.132. The number of aryl methyl sites for hydroxylation is 2. The number of methoxy groups -OCH3 is 1. The Balaban J connectivity index is 2.00. The average molecular weight is 286 g/mol. The highest BCUT2D eigenvalue weighted by Crippen LogP contribution is 2.16. The predicted octanol–water partition coefficient (Wildman–Crippen LogP) is 2.38. The number of esters is 1. The van der Waals surface area contributed by atoms with Crippen LogP contribution in [0.2, 0.25) is 0 Å². The second-order valence-corrected chi connectivity index (χ2v) is 4.70. The largest absolute Gasteiger partial charge is 0.465 e. The summed E-state index contributed by atoms with van der Waals surface area (Å²) >= 11 is 0. The van der Waals surface area contributed by atoms with E-state index >= 15 is 0 Å². The summed E-state index contributed by atoms with van der Waals surface area (Å²) in [5.41, 5.74) is 1.92. The maximum atomic E-state index is 12.0. The van der Waals surface area contributed by atoms with Crippen molar-refractivity contribution in [2.75, 3.05) is 12.4 Å². The van der Waals surface area contributed by atoms with E-state index < -0.39 is 5.97 Å². The minimum Gasteiger partial charge on any atom is -0.465 e. The fourth-order valence-corrected chi connectivity index (χ4v) is 2.09. The fraction of sp³-hybridized carbons (Fsp3) is 0.250. The highest BCUT2D eigenvalue weighted by molar-refractivity contribution is 6.01. The zero-order chi connectivity index (χ0) is 15.2. The molecule has 1 aromatic carbocycles. The van der Waals surface area contributed by atoms with Crippen LogP contribution >= 0.6 is 0 Å². The van der Waals surface area contributed by atoms with Gasteiger partial charge in [0.25, 0.3) is 0 Å². The Morgan fingerprint density at radius 1 is 1.19 bits per heavy atom. The summed E-state index contributed by atoms with van der Waals surface area (Å²) in [6.45, 7) is 0. The Morgan fingerprint density at radius 3 is 2.62 bits per heavy atom. The molecule has 110 valence electrons. The molecular weight excluding hydrogens is 268 g/mol. The van der Waals surface area contributed by atoms with E-state index in [0.717, 1.165) is 5.69 Å². The van der Waals surface area contributed by atoms with Crippen LogP contribution in [0.5, 0.6) is 0 Å². The molecule has 1 aromatic heterocycles. The summed E-state index contributed by atoms with van der Waals surface area (Å²) in [5, 5.41) is 2.76. The normalized spacial score (nSPS) is 10.2. The van der Waals surface area contributed by atoms with Gasteiger partial charge in [0, 0.05) is 25.4 Å². The average Bonchev–Trinajstić information content (AvgIpc) is 2.90. The van der Waals surface area contributed by atoms with E-state index in [2.05, 4.69) is 5.32 Å². The Kier molecular flexibility index (Phi) is 4.77. The first-order valence-corrected chi connectivity index (χ1v) is 6.69. The molecule has 2 rings (SSSR count). The molecule has 1 heterocycles. The predicted molar refractivity (Wildman–Crippen MR) is 80.1 cm³/mol. The fourth-order valence-electron chi connectivity index (χ4n) is 2.09. The van der Waals surface area contributed by atoms with Crippen LogP contribution in [0.25, 0.3) is 0 Å². The molecule has 21 heavy (non-hydrogen) atoms. The minimum atomic E-state index is -0.465. The lowest BCUT2D eigenvalue weighted by Crippen LogP contribution is -2.16. The van der Waals surface area contributed by atoms with Crippen molar-refractivity contribution in [1.29, 1.82) is 0 Å². The van der Waals surface area contributed by atoms with Gasteiger partial charge >= 0.3 is 5.97 Å². The van der Waals surface area contributed by atoms with Gasteiger partial charge in [-0.2, -0.15) is 0 Å². The number of benzene rings is 1. The zero-order valence-corrected chi connectivity index (χ0v) is 12.1. The molecule has 0 bridgehead atoms. The van der Waals surface area contributed by atoms with Crippen LogP contribution in [-0.4, -0.2) is 23.6 Å². The molecule has 0 fully saturated rings. The van der Waals surface area contributed by atoms with Gasteiger partial charge < -0.3 is 14.6 Å². The van der Waals surface area contributed by atoms with Crippen molar-refractivity contribution in [3.8, 4) is 0 Å². The summed E-state index contributed by atoms with van der Waals surface area (Å²) < 4.78 is 6.68. The van der Waals surface area contributed by atoms with Crippen LogP contribution in [0.1, 0.15) is 22.5 Å². The quantitative estimate of drug-likeness (QED) is 0.858. The third-order valence-corrected chi connectivity index (χ3v) is 3.27. The maximum absolute atomic E-state index is 12.0. The Labute approximate surface area is 123 Å². The molecule has 0 aliphatic heterocycles. The standard InChI is InChI=1S/C16H18N2O3/c1-18-11-5-6-12(18)9-10-15(19)17-14-8-4-3-7-13(14)16(20)21-2/h3-8,11H,9-10H2,1-2H3,(H,17,19). The third-order valence-electron chi connectivity index (χ3n) is 3.27. The molecule has 0 aliphatic rings. The summed E-state index contributed by atoms with van der Waals surface area (Å²) in [6.07, 6.45) is 2.95. The summed E-state index contributed by atoms with van der Waals surface area (Å²) in [4.78, 5) is 23.6. The van der Waals surface area contributed by atoms with Gasteiger partial charge in [0.2, 0.25) is 5.91 Å². The van der Waals surface area contributed by atoms with Gasteiger partial charge in [-0.3, -0.25) is 4.79 Å². The Morgan fingerprint density at radius 2 is 1.95 bits per heavy atom. The number of hydrogen-bond acceptors (Lipinski definition) is 3. The van der Waals surface area contributed by atoms with Crippen molar-refractivity contribution in [2.45, 2.75) is 12.8 Å². The molecule has 1 amide bonds. The molecule has 0 radical (unpaired) electrons. The number of anilines is 1. The lowest BCUT2D eigenvalue weighted by Gasteiger charge is -2.09. The highest BCUT2D eigenvalue weighted by atomic mass is 16.5. The first kappa shape index (κ1) is 14.8. The first-order valence-electron chi connectivity index (χ1n) is 6.69. The summed E-state index contributed by atoms with van der Waals surface area (Å²) in [7, 11) is 3.26. The molecule has 0 saturated carbocycles. The van der Waals surface area contributed by atoms with E-state index in [1.807, 2.05) is 29.9 Å². The second kappa shape index (κ2) is 6.74. The molecule has 0 unspecified atom stereocenters. The highest BCUT2D eigenvalue weighted by Gasteiger charge is 2.13. The van der Waals surface area contributed by atoms with Gasteiger partial charge in [-0.15, -0.1) is 0 Å². The SMILES string of the molecule is COC(=O)c1ccccc1NC(=O)CCc1cccn1C. The van der Waals surface area contributed by atoms with Crippen LogP contribution in [0.3, 0.4) is 0 Å². The van der Waals surface area contributed by atoms with Crippen molar-refractivity contribution in [3.05, 3.63) is 53.9 Å². The number of nitrogens with one attached hydrogen (secondary N) is 1. The summed E-state index contributed by atoms with van der Waals surface area (Å²) in [6, 6.07) is 10.7. The van der Waals surface area contributed by atoms with Crippen molar-refractivity contribution in [3.63, 3.8) is 0 Å². The van der Waals surface area contributed by atoms with Crippen molar-refractivity contribution < 1.29 is 14.3 Å². The topological polar surface area (TPSA) is 60.3 Å². The molecule has 0 aliphatic carbocycles. The van der Waals surface area contributed by atoms with Gasteiger partial charge in [0.1, 0.15) is 0 Å². The third kappa shape index (κ3) is 3.72. The van der Waals surface area contributed by atoms with Crippen molar-refractivity contribution in [2.24, 2.45) is 7.05 Å². The van der Waals surface area contributed by atoms with Crippen LogP contribution in [0.15, 0.2) is 42.6 Å². The van der Waals surface area contributed by atoms with Crippen LogP contribution in [0, 0.1) is 0 Å². The van der Waals surface area contributed by atoms with E-state index in [0.29, 0.717) is 24.1 Å². The smallest absolute Gasteiger partial charge is 0.339 e. The molecule has 5 nitrogen and oxygen atoms in total. The number of rotatable bonds is 5. The summed E-state index contributed by atoms with van der Waals surface area (Å²) in [5.74, 6) is -0.596. The molecule has 0 spiro atoms. The van der Waals surface area contributed by atoms with E-state index in [1.54, 1.807) is 24.3 Å².